The molecule has 1 aromatic rings. The highest BCUT2D eigenvalue weighted by molar-refractivity contribution is 7.08. The van der Waals surface area contributed by atoms with Crippen molar-refractivity contribution in [3.8, 4) is 11.8 Å². The Labute approximate surface area is 79.6 Å². The molecule has 0 bridgehead atoms. The molecule has 1 heterocycles. The van der Waals surface area contributed by atoms with E-state index in [2.05, 4.69) is 11.8 Å². The van der Waals surface area contributed by atoms with Crippen molar-refractivity contribution in [3.63, 3.8) is 0 Å². The van der Waals surface area contributed by atoms with E-state index in [0.717, 1.165) is 6.29 Å². The van der Waals surface area contributed by atoms with Crippen molar-refractivity contribution in [2.24, 2.45) is 5.73 Å². The number of carbonyl (C=O) groups is 2. The molecule has 2 N–H and O–H groups in total. The van der Waals surface area contributed by atoms with E-state index < -0.39 is 5.91 Å². The van der Waals surface area contributed by atoms with Gasteiger partial charge in [-0.2, -0.15) is 11.3 Å². The van der Waals surface area contributed by atoms with Gasteiger partial charge in [-0.3, -0.25) is 9.59 Å². The maximum Gasteiger partial charge on any atom is 0.229 e. The molecular weight excluding hydrogens is 186 g/mol. The fourth-order valence-corrected chi connectivity index (χ4v) is 1.45. The number of hydrogen-bond acceptors (Lipinski definition) is 3. The van der Waals surface area contributed by atoms with Crippen LogP contribution in [0.1, 0.15) is 22.3 Å². The third-order valence-electron chi connectivity index (χ3n) is 1.30. The summed E-state index contributed by atoms with van der Waals surface area (Å²) in [5, 5.41) is 3.47. The molecule has 3 nitrogen and oxygen atoms in total. The zero-order valence-corrected chi connectivity index (χ0v) is 7.56. The van der Waals surface area contributed by atoms with Gasteiger partial charge in [-0.05, 0) is 0 Å². The molecule has 0 saturated carbocycles. The zero-order chi connectivity index (χ0) is 9.68. The minimum atomic E-state index is -0.463. The number of thiophene rings is 1. The molecule has 0 radical (unpaired) electrons. The van der Waals surface area contributed by atoms with Gasteiger partial charge in [-0.25, -0.2) is 0 Å². The van der Waals surface area contributed by atoms with Crippen LogP contribution in [-0.4, -0.2) is 12.2 Å². The van der Waals surface area contributed by atoms with Crippen LogP contribution in [0.4, 0.5) is 0 Å². The van der Waals surface area contributed by atoms with Crippen LogP contribution in [0, 0.1) is 11.8 Å². The molecule has 0 aliphatic heterocycles. The molecule has 0 atom stereocenters. The molecule has 0 unspecified atom stereocenters. The Kier molecular flexibility index (Phi) is 3.23. The number of hydrogen-bond donors (Lipinski definition) is 1. The van der Waals surface area contributed by atoms with Gasteiger partial charge in [0.15, 0.2) is 6.29 Å². The maximum atomic E-state index is 10.4. The van der Waals surface area contributed by atoms with Gasteiger partial charge in [0, 0.05) is 21.9 Å². The topological polar surface area (TPSA) is 60.2 Å². The third kappa shape index (κ3) is 2.73. The molecular formula is C9H7NO2S. The second-order valence-corrected chi connectivity index (χ2v) is 3.05. The van der Waals surface area contributed by atoms with Crippen molar-refractivity contribution in [1.82, 2.24) is 0 Å². The van der Waals surface area contributed by atoms with Crippen molar-refractivity contribution < 1.29 is 9.59 Å². The SMILES string of the molecule is NC(=O)CC#Cc1cscc1C=O. The number of nitrogens with two attached hydrogens (primary N) is 1. The van der Waals surface area contributed by atoms with Crippen molar-refractivity contribution >= 4 is 23.5 Å². The first-order chi connectivity index (χ1) is 6.24. The van der Waals surface area contributed by atoms with Crippen LogP contribution in [0.5, 0.6) is 0 Å². The largest absolute Gasteiger partial charge is 0.369 e. The summed E-state index contributed by atoms with van der Waals surface area (Å²) in [5.41, 5.74) is 6.11. The van der Waals surface area contributed by atoms with Crippen LogP contribution >= 0.6 is 11.3 Å². The maximum absolute atomic E-state index is 10.4. The molecule has 0 aliphatic rings. The molecule has 1 rings (SSSR count). The molecule has 4 heteroatoms. The van der Waals surface area contributed by atoms with Gasteiger partial charge < -0.3 is 5.73 Å². The van der Waals surface area contributed by atoms with Gasteiger partial charge in [0.25, 0.3) is 0 Å². The molecule has 66 valence electrons. The summed E-state index contributed by atoms with van der Waals surface area (Å²) in [5.74, 6) is 4.83. The normalized spacial score (nSPS) is 8.62. The summed E-state index contributed by atoms with van der Waals surface area (Å²) in [6, 6.07) is 0. The van der Waals surface area contributed by atoms with E-state index in [1.807, 2.05) is 0 Å². The van der Waals surface area contributed by atoms with Crippen LogP contribution in [0.15, 0.2) is 10.8 Å². The Bertz CT molecular complexity index is 384. The average Bonchev–Trinajstić information content (AvgIpc) is 2.51. The lowest BCUT2D eigenvalue weighted by Crippen LogP contribution is -2.08. The van der Waals surface area contributed by atoms with Crippen molar-refractivity contribution in [2.75, 3.05) is 0 Å². The summed E-state index contributed by atoms with van der Waals surface area (Å²) in [4.78, 5) is 20.8. The van der Waals surface area contributed by atoms with E-state index in [0.29, 0.717) is 11.1 Å². The summed E-state index contributed by atoms with van der Waals surface area (Å²) in [6.45, 7) is 0. The van der Waals surface area contributed by atoms with Crippen molar-refractivity contribution in [2.45, 2.75) is 6.42 Å². The average molecular weight is 193 g/mol. The third-order valence-corrected chi connectivity index (χ3v) is 2.07. The van der Waals surface area contributed by atoms with E-state index in [1.165, 1.54) is 11.3 Å². The van der Waals surface area contributed by atoms with E-state index in [1.54, 1.807) is 10.8 Å². The minimum Gasteiger partial charge on any atom is -0.369 e. The fraction of sp³-hybridized carbons (Fsp3) is 0.111. The molecule has 0 aliphatic carbocycles. The van der Waals surface area contributed by atoms with Gasteiger partial charge in [0.2, 0.25) is 5.91 Å². The minimum absolute atomic E-state index is 0.0220. The lowest BCUT2D eigenvalue weighted by molar-refractivity contribution is -0.117. The highest BCUT2D eigenvalue weighted by Gasteiger charge is 1.97. The standard InChI is InChI=1S/C9H7NO2S/c10-9(12)3-1-2-7-5-13-6-8(7)4-11/h4-6H,3H2,(H2,10,12). The Hall–Kier alpha value is -1.60. The molecule has 13 heavy (non-hydrogen) atoms. The molecule has 1 amide bonds. The first kappa shape index (κ1) is 9.49. The lowest BCUT2D eigenvalue weighted by atomic mass is 10.2. The van der Waals surface area contributed by atoms with Crippen LogP contribution in [0.2, 0.25) is 0 Å². The number of primary amides is 1. The second kappa shape index (κ2) is 4.43. The quantitative estimate of drug-likeness (QED) is 0.557. The Balaban J connectivity index is 2.76. The Morgan fingerprint density at radius 2 is 2.38 bits per heavy atom. The molecule has 0 spiro atoms. The number of rotatable bonds is 2. The zero-order valence-electron chi connectivity index (χ0n) is 6.74. The predicted molar refractivity (Wildman–Crippen MR) is 50.4 cm³/mol. The van der Waals surface area contributed by atoms with Gasteiger partial charge in [-0.15, -0.1) is 0 Å². The van der Waals surface area contributed by atoms with Crippen LogP contribution in [0.25, 0.3) is 0 Å². The van der Waals surface area contributed by atoms with E-state index >= 15 is 0 Å². The van der Waals surface area contributed by atoms with Crippen LogP contribution in [-0.2, 0) is 4.79 Å². The van der Waals surface area contributed by atoms with Crippen LogP contribution in [0.3, 0.4) is 0 Å². The highest BCUT2D eigenvalue weighted by atomic mass is 32.1. The summed E-state index contributed by atoms with van der Waals surface area (Å²) >= 11 is 1.40. The summed E-state index contributed by atoms with van der Waals surface area (Å²) < 4.78 is 0. The Morgan fingerprint density at radius 3 is 3.00 bits per heavy atom. The highest BCUT2D eigenvalue weighted by Crippen LogP contribution is 2.10. The first-order valence-electron chi connectivity index (χ1n) is 3.52. The summed E-state index contributed by atoms with van der Waals surface area (Å²) in [6.07, 6.45) is 0.763. The van der Waals surface area contributed by atoms with Crippen molar-refractivity contribution in [1.29, 1.82) is 0 Å². The number of carbonyl (C=O) groups excluding carboxylic acids is 2. The Morgan fingerprint density at radius 1 is 1.62 bits per heavy atom. The number of aldehydes is 1. The lowest BCUT2D eigenvalue weighted by Gasteiger charge is -1.83. The van der Waals surface area contributed by atoms with Gasteiger partial charge in [-0.1, -0.05) is 11.8 Å². The van der Waals surface area contributed by atoms with E-state index in [4.69, 9.17) is 5.73 Å². The van der Waals surface area contributed by atoms with Gasteiger partial charge in [0.1, 0.15) is 0 Å². The number of amides is 1. The molecule has 1 aromatic heterocycles. The molecule has 0 fully saturated rings. The monoisotopic (exact) mass is 193 g/mol. The second-order valence-electron chi connectivity index (χ2n) is 2.30. The smallest absolute Gasteiger partial charge is 0.229 e. The van der Waals surface area contributed by atoms with E-state index in [9.17, 15) is 9.59 Å². The first-order valence-corrected chi connectivity index (χ1v) is 4.47. The van der Waals surface area contributed by atoms with Gasteiger partial charge in [0.05, 0.1) is 6.42 Å². The molecule has 0 aromatic carbocycles. The summed E-state index contributed by atoms with van der Waals surface area (Å²) in [7, 11) is 0. The van der Waals surface area contributed by atoms with Crippen LogP contribution < -0.4 is 5.73 Å². The van der Waals surface area contributed by atoms with E-state index in [-0.39, 0.29) is 6.42 Å². The molecule has 0 saturated heterocycles. The fourth-order valence-electron chi connectivity index (χ4n) is 0.726. The predicted octanol–water partition coefficient (Wildman–Crippen LogP) is 0.788. The van der Waals surface area contributed by atoms with Gasteiger partial charge >= 0.3 is 0 Å². The van der Waals surface area contributed by atoms with Crippen molar-refractivity contribution in [3.05, 3.63) is 21.9 Å².